The molecule has 1 aromatic rings. The van der Waals surface area contributed by atoms with Gasteiger partial charge >= 0.3 is 0 Å². The van der Waals surface area contributed by atoms with Gasteiger partial charge in [0.1, 0.15) is 18.0 Å². The number of rotatable bonds is 5. The molecule has 2 atom stereocenters. The quantitative estimate of drug-likeness (QED) is 0.807. The van der Waals surface area contributed by atoms with E-state index in [1.807, 2.05) is 0 Å². The average Bonchev–Trinajstić information content (AvgIpc) is 2.83. The van der Waals surface area contributed by atoms with Gasteiger partial charge in [0.05, 0.1) is 21.3 Å². The maximum absolute atomic E-state index is 9.73. The number of aliphatic hydroxyl groups is 1. The van der Waals surface area contributed by atoms with Crippen molar-refractivity contribution in [2.45, 2.75) is 12.2 Å². The highest BCUT2D eigenvalue weighted by Crippen LogP contribution is 2.41. The van der Waals surface area contributed by atoms with E-state index in [0.717, 1.165) is 0 Å². The standard InChI is InChI=1S/C13H19NO5/c1-16-10-4-8(5-11(17-2)13(10)18-3)19-12-7-14-6-9(12)15/h4-5,9,12,14-15H,6-7H2,1-3H3. The highest BCUT2D eigenvalue weighted by Gasteiger charge is 2.27. The number of ether oxygens (including phenoxy) is 4. The van der Waals surface area contributed by atoms with Gasteiger partial charge in [-0.15, -0.1) is 0 Å². The van der Waals surface area contributed by atoms with Crippen molar-refractivity contribution >= 4 is 0 Å². The first-order chi connectivity index (χ1) is 9.19. The number of hydrogen-bond donors (Lipinski definition) is 2. The molecule has 2 N–H and O–H groups in total. The summed E-state index contributed by atoms with van der Waals surface area (Å²) >= 11 is 0. The van der Waals surface area contributed by atoms with Gasteiger partial charge in [0.25, 0.3) is 0 Å². The first kappa shape index (κ1) is 13.8. The highest BCUT2D eigenvalue weighted by atomic mass is 16.5. The molecule has 0 saturated carbocycles. The van der Waals surface area contributed by atoms with Crippen LogP contribution in [-0.2, 0) is 0 Å². The van der Waals surface area contributed by atoms with Gasteiger partial charge in [0.2, 0.25) is 5.75 Å². The largest absolute Gasteiger partial charge is 0.493 e. The molecule has 0 radical (unpaired) electrons. The van der Waals surface area contributed by atoms with E-state index >= 15 is 0 Å². The molecule has 0 aliphatic carbocycles. The molecule has 2 rings (SSSR count). The molecule has 0 amide bonds. The van der Waals surface area contributed by atoms with E-state index in [4.69, 9.17) is 18.9 Å². The molecule has 1 aliphatic rings. The molecule has 0 aromatic heterocycles. The second kappa shape index (κ2) is 5.99. The van der Waals surface area contributed by atoms with E-state index in [0.29, 0.717) is 36.1 Å². The van der Waals surface area contributed by atoms with E-state index < -0.39 is 6.10 Å². The van der Waals surface area contributed by atoms with E-state index in [-0.39, 0.29) is 6.10 Å². The summed E-state index contributed by atoms with van der Waals surface area (Å²) in [4.78, 5) is 0. The van der Waals surface area contributed by atoms with Crippen molar-refractivity contribution in [1.29, 1.82) is 0 Å². The van der Waals surface area contributed by atoms with Gasteiger partial charge in [0, 0.05) is 25.2 Å². The van der Waals surface area contributed by atoms with Crippen LogP contribution in [0, 0.1) is 0 Å². The Labute approximate surface area is 112 Å². The fourth-order valence-electron chi connectivity index (χ4n) is 2.06. The first-order valence-electron chi connectivity index (χ1n) is 6.05. The van der Waals surface area contributed by atoms with E-state index in [1.54, 1.807) is 33.5 Å². The summed E-state index contributed by atoms with van der Waals surface area (Å²) in [7, 11) is 4.64. The van der Waals surface area contributed by atoms with E-state index in [2.05, 4.69) is 5.32 Å². The Bertz CT molecular complexity index is 412. The molecule has 1 fully saturated rings. The van der Waals surface area contributed by atoms with Crippen molar-refractivity contribution in [2.24, 2.45) is 0 Å². The van der Waals surface area contributed by atoms with Crippen LogP contribution >= 0.6 is 0 Å². The minimum Gasteiger partial charge on any atom is -0.493 e. The Morgan fingerprint density at radius 3 is 2.11 bits per heavy atom. The summed E-state index contributed by atoms with van der Waals surface area (Å²) in [5.41, 5.74) is 0. The number of benzene rings is 1. The van der Waals surface area contributed by atoms with E-state index in [1.165, 1.54) is 0 Å². The number of nitrogens with one attached hydrogen (secondary N) is 1. The zero-order valence-corrected chi connectivity index (χ0v) is 11.3. The van der Waals surface area contributed by atoms with Crippen LogP contribution in [0.5, 0.6) is 23.0 Å². The molecule has 6 heteroatoms. The Hall–Kier alpha value is -1.66. The monoisotopic (exact) mass is 269 g/mol. The van der Waals surface area contributed by atoms with Gasteiger partial charge in [-0.3, -0.25) is 0 Å². The number of methoxy groups -OCH3 is 3. The SMILES string of the molecule is COc1cc(OC2CNCC2O)cc(OC)c1OC. The van der Waals surface area contributed by atoms with Gasteiger partial charge < -0.3 is 29.4 Å². The third kappa shape index (κ3) is 2.85. The fraction of sp³-hybridized carbons (Fsp3) is 0.538. The predicted octanol–water partition coefficient (Wildman–Crippen LogP) is 0.424. The van der Waals surface area contributed by atoms with Crippen LogP contribution < -0.4 is 24.3 Å². The molecule has 2 unspecified atom stereocenters. The van der Waals surface area contributed by atoms with Crippen molar-refractivity contribution in [2.75, 3.05) is 34.4 Å². The number of hydrogen-bond acceptors (Lipinski definition) is 6. The molecule has 0 bridgehead atoms. The summed E-state index contributed by atoms with van der Waals surface area (Å²) in [6.45, 7) is 1.15. The van der Waals surface area contributed by atoms with Crippen molar-refractivity contribution in [1.82, 2.24) is 5.32 Å². The number of aliphatic hydroxyl groups excluding tert-OH is 1. The molecular weight excluding hydrogens is 250 g/mol. The lowest BCUT2D eigenvalue weighted by atomic mass is 10.2. The maximum Gasteiger partial charge on any atom is 0.203 e. The molecule has 19 heavy (non-hydrogen) atoms. The number of β-amino-alcohol motifs (C(OH)–C–C–N with tert-alkyl or cyclic N) is 1. The third-order valence-corrected chi connectivity index (χ3v) is 3.05. The Balaban J connectivity index is 2.25. The van der Waals surface area contributed by atoms with Gasteiger partial charge in [-0.25, -0.2) is 0 Å². The zero-order chi connectivity index (χ0) is 13.8. The normalized spacial score (nSPS) is 22.1. The lowest BCUT2D eigenvalue weighted by molar-refractivity contribution is 0.0733. The maximum atomic E-state index is 9.73. The van der Waals surface area contributed by atoms with Crippen LogP contribution in [0.4, 0.5) is 0 Å². The van der Waals surface area contributed by atoms with Gasteiger partial charge in [-0.1, -0.05) is 0 Å². The molecule has 106 valence electrons. The van der Waals surface area contributed by atoms with Crippen molar-refractivity contribution in [3.05, 3.63) is 12.1 Å². The van der Waals surface area contributed by atoms with E-state index in [9.17, 15) is 5.11 Å². The lowest BCUT2D eigenvalue weighted by Crippen LogP contribution is -2.29. The Kier molecular flexibility index (Phi) is 4.34. The first-order valence-corrected chi connectivity index (χ1v) is 6.05. The van der Waals surface area contributed by atoms with Crippen molar-refractivity contribution in [3.8, 4) is 23.0 Å². The van der Waals surface area contributed by atoms with Crippen molar-refractivity contribution < 1.29 is 24.1 Å². The zero-order valence-electron chi connectivity index (χ0n) is 11.3. The Morgan fingerprint density at radius 2 is 1.68 bits per heavy atom. The van der Waals surface area contributed by atoms with Gasteiger partial charge in [-0.2, -0.15) is 0 Å². The smallest absolute Gasteiger partial charge is 0.203 e. The molecule has 1 saturated heterocycles. The van der Waals surface area contributed by atoms with Crippen LogP contribution in [0.3, 0.4) is 0 Å². The molecule has 1 aromatic carbocycles. The lowest BCUT2D eigenvalue weighted by Gasteiger charge is -2.19. The van der Waals surface area contributed by atoms with Crippen LogP contribution in [0.2, 0.25) is 0 Å². The summed E-state index contributed by atoms with van der Waals surface area (Å²) in [6, 6.07) is 3.43. The van der Waals surface area contributed by atoms with Crippen LogP contribution in [0.25, 0.3) is 0 Å². The molecular formula is C13H19NO5. The second-order valence-corrected chi connectivity index (χ2v) is 4.24. The Morgan fingerprint density at radius 1 is 1.05 bits per heavy atom. The van der Waals surface area contributed by atoms with Crippen LogP contribution in [0.15, 0.2) is 12.1 Å². The van der Waals surface area contributed by atoms with Gasteiger partial charge in [0.15, 0.2) is 11.5 Å². The topological polar surface area (TPSA) is 69.2 Å². The summed E-state index contributed by atoms with van der Waals surface area (Å²) in [6.07, 6.45) is -0.790. The third-order valence-electron chi connectivity index (χ3n) is 3.05. The minimum absolute atomic E-state index is 0.275. The molecule has 1 aliphatic heterocycles. The molecule has 6 nitrogen and oxygen atoms in total. The highest BCUT2D eigenvalue weighted by molar-refractivity contribution is 5.55. The minimum atomic E-state index is -0.515. The fourth-order valence-corrected chi connectivity index (χ4v) is 2.06. The summed E-state index contributed by atoms with van der Waals surface area (Å²) < 4.78 is 21.5. The van der Waals surface area contributed by atoms with Crippen molar-refractivity contribution in [3.63, 3.8) is 0 Å². The molecule has 0 spiro atoms. The summed E-state index contributed by atoms with van der Waals surface area (Å²) in [5.74, 6) is 2.14. The van der Waals surface area contributed by atoms with Crippen LogP contribution in [-0.4, -0.2) is 51.7 Å². The molecule has 1 heterocycles. The predicted molar refractivity (Wildman–Crippen MR) is 69.4 cm³/mol. The summed E-state index contributed by atoms with van der Waals surface area (Å²) in [5, 5.41) is 12.8. The second-order valence-electron chi connectivity index (χ2n) is 4.24. The average molecular weight is 269 g/mol. The van der Waals surface area contributed by atoms with Gasteiger partial charge in [-0.05, 0) is 0 Å². The van der Waals surface area contributed by atoms with Crippen LogP contribution in [0.1, 0.15) is 0 Å².